The monoisotopic (exact) mass is 468 g/mol. The van der Waals surface area contributed by atoms with Gasteiger partial charge in [-0.25, -0.2) is 0 Å². The summed E-state index contributed by atoms with van der Waals surface area (Å²) < 4.78 is 44.9. The number of amides is 1. The molecule has 1 aliphatic rings. The fourth-order valence-electron chi connectivity index (χ4n) is 3.70. The third kappa shape index (κ3) is 5.94. The minimum absolute atomic E-state index is 0.0968. The van der Waals surface area contributed by atoms with Crippen molar-refractivity contribution in [2.45, 2.75) is 38.3 Å². The Balaban J connectivity index is 1.74. The molecular formula is C23H24ClF3N2O3. The number of nitrogens with zero attached hydrogens (tertiary/aromatic N) is 1. The molecule has 2 aromatic rings. The Morgan fingerprint density at radius 2 is 1.78 bits per heavy atom. The molecule has 0 saturated carbocycles. The molecule has 2 aromatic carbocycles. The normalized spacial score (nSPS) is 14.2. The quantitative estimate of drug-likeness (QED) is 0.509. The summed E-state index contributed by atoms with van der Waals surface area (Å²) in [5, 5.41) is 2.93. The van der Waals surface area contributed by atoms with Crippen molar-refractivity contribution in [2.24, 2.45) is 0 Å². The maximum Gasteiger partial charge on any atom is 0.416 e. The van der Waals surface area contributed by atoms with Gasteiger partial charge in [0.1, 0.15) is 5.75 Å². The first kappa shape index (κ1) is 23.9. The van der Waals surface area contributed by atoms with Crippen LogP contribution < -0.4 is 15.0 Å². The van der Waals surface area contributed by atoms with E-state index in [0.29, 0.717) is 29.5 Å². The third-order valence-corrected chi connectivity index (χ3v) is 5.57. The summed E-state index contributed by atoms with van der Waals surface area (Å²) in [7, 11) is 1.42. The van der Waals surface area contributed by atoms with E-state index in [-0.39, 0.29) is 29.9 Å². The van der Waals surface area contributed by atoms with Crippen LogP contribution in [0.5, 0.6) is 5.75 Å². The zero-order chi connectivity index (χ0) is 23.3. The van der Waals surface area contributed by atoms with Crippen molar-refractivity contribution >= 4 is 34.7 Å². The molecule has 1 aliphatic heterocycles. The zero-order valence-electron chi connectivity index (χ0n) is 17.6. The molecule has 32 heavy (non-hydrogen) atoms. The number of anilines is 2. The van der Waals surface area contributed by atoms with Crippen molar-refractivity contribution in [1.29, 1.82) is 0 Å². The van der Waals surface area contributed by atoms with Crippen molar-refractivity contribution in [3.63, 3.8) is 0 Å². The summed E-state index contributed by atoms with van der Waals surface area (Å²) >= 11 is 5.95. The molecule has 1 saturated heterocycles. The number of halogens is 4. The number of rotatable bonds is 7. The summed E-state index contributed by atoms with van der Waals surface area (Å²) in [6.45, 7) is 1.42. The van der Waals surface area contributed by atoms with Gasteiger partial charge in [0.2, 0.25) is 5.91 Å². The number of benzene rings is 2. The van der Waals surface area contributed by atoms with Crippen LogP contribution in [0.2, 0.25) is 5.02 Å². The number of Topliss-reactive ketones (excluding diaryl/α,β-unsaturated/α-hetero) is 1. The molecule has 172 valence electrons. The lowest BCUT2D eigenvalue weighted by Crippen LogP contribution is -2.30. The Bertz CT molecular complexity index is 989. The summed E-state index contributed by atoms with van der Waals surface area (Å²) in [6, 6.07) is 7.97. The first-order valence-electron chi connectivity index (χ1n) is 10.3. The average molecular weight is 469 g/mol. The van der Waals surface area contributed by atoms with Gasteiger partial charge >= 0.3 is 6.18 Å². The lowest BCUT2D eigenvalue weighted by atomic mass is 10.0. The van der Waals surface area contributed by atoms with Gasteiger partial charge in [0.15, 0.2) is 5.78 Å². The van der Waals surface area contributed by atoms with Crippen molar-refractivity contribution in [3.05, 3.63) is 52.5 Å². The Morgan fingerprint density at radius 1 is 1.06 bits per heavy atom. The summed E-state index contributed by atoms with van der Waals surface area (Å²) in [6.07, 6.45) is -1.92. The van der Waals surface area contributed by atoms with E-state index in [1.165, 1.54) is 19.2 Å². The van der Waals surface area contributed by atoms with Gasteiger partial charge < -0.3 is 15.0 Å². The van der Waals surface area contributed by atoms with E-state index in [1.54, 1.807) is 12.1 Å². The predicted molar refractivity (Wildman–Crippen MR) is 118 cm³/mol. The number of ketones is 1. The van der Waals surface area contributed by atoms with Crippen molar-refractivity contribution < 1.29 is 27.5 Å². The van der Waals surface area contributed by atoms with Crippen LogP contribution in [0.4, 0.5) is 24.5 Å². The van der Waals surface area contributed by atoms with Gasteiger partial charge in [-0.1, -0.05) is 11.6 Å². The first-order valence-corrected chi connectivity index (χ1v) is 10.7. The first-order chi connectivity index (χ1) is 15.2. The molecule has 9 heteroatoms. The number of hydrogen-bond donors (Lipinski definition) is 1. The van der Waals surface area contributed by atoms with Crippen LogP contribution >= 0.6 is 11.6 Å². The Morgan fingerprint density at radius 3 is 2.44 bits per heavy atom. The number of carbonyl (C=O) groups excluding carboxylic acids is 2. The van der Waals surface area contributed by atoms with Crippen LogP contribution in [0.15, 0.2) is 36.4 Å². The number of carbonyl (C=O) groups is 2. The molecule has 0 atom stereocenters. The fraction of sp³-hybridized carbons (Fsp3) is 0.391. The molecule has 0 bridgehead atoms. The zero-order valence-corrected chi connectivity index (χ0v) is 18.4. The average Bonchev–Trinajstić information content (AvgIpc) is 2.77. The van der Waals surface area contributed by atoms with Gasteiger partial charge in [0, 0.05) is 31.0 Å². The number of hydrogen-bond acceptors (Lipinski definition) is 4. The van der Waals surface area contributed by atoms with Gasteiger partial charge in [-0.3, -0.25) is 9.59 Å². The van der Waals surface area contributed by atoms with Crippen molar-refractivity contribution in [3.8, 4) is 5.75 Å². The number of piperidine rings is 1. The van der Waals surface area contributed by atoms with E-state index >= 15 is 0 Å². The highest BCUT2D eigenvalue weighted by atomic mass is 35.5. The van der Waals surface area contributed by atoms with Gasteiger partial charge in [-0.15, -0.1) is 0 Å². The van der Waals surface area contributed by atoms with Crippen LogP contribution in [0, 0.1) is 0 Å². The van der Waals surface area contributed by atoms with E-state index in [0.717, 1.165) is 31.4 Å². The van der Waals surface area contributed by atoms with Crippen LogP contribution in [-0.2, 0) is 11.0 Å². The molecule has 1 N–H and O–H groups in total. The fourth-order valence-corrected chi connectivity index (χ4v) is 3.87. The minimum Gasteiger partial charge on any atom is -0.496 e. The summed E-state index contributed by atoms with van der Waals surface area (Å²) in [4.78, 5) is 27.1. The predicted octanol–water partition coefficient (Wildman–Crippen LogP) is 5.96. The Hall–Kier alpha value is -2.74. The van der Waals surface area contributed by atoms with E-state index < -0.39 is 17.6 Å². The topological polar surface area (TPSA) is 58.6 Å². The molecular weight excluding hydrogens is 445 g/mol. The van der Waals surface area contributed by atoms with Crippen molar-refractivity contribution in [2.75, 3.05) is 30.4 Å². The second-order valence-corrected chi connectivity index (χ2v) is 8.03. The summed E-state index contributed by atoms with van der Waals surface area (Å²) in [5.74, 6) is -0.554. The Labute approximate surface area is 189 Å². The third-order valence-electron chi connectivity index (χ3n) is 5.34. The number of ether oxygens (including phenoxy) is 1. The highest BCUT2D eigenvalue weighted by Crippen LogP contribution is 2.36. The highest BCUT2D eigenvalue weighted by molar-refractivity contribution is 6.31. The molecule has 1 fully saturated rings. The van der Waals surface area contributed by atoms with Crippen LogP contribution in [0.25, 0.3) is 0 Å². The van der Waals surface area contributed by atoms with Gasteiger partial charge in [0.05, 0.1) is 29.6 Å². The van der Waals surface area contributed by atoms with E-state index in [4.69, 9.17) is 16.3 Å². The van der Waals surface area contributed by atoms with Crippen LogP contribution in [0.1, 0.15) is 48.0 Å². The van der Waals surface area contributed by atoms with Gasteiger partial charge in [-0.2, -0.15) is 13.2 Å². The minimum atomic E-state index is -4.53. The lowest BCUT2D eigenvalue weighted by molar-refractivity contribution is -0.137. The Kier molecular flexibility index (Phi) is 7.66. The largest absolute Gasteiger partial charge is 0.496 e. The maximum atomic E-state index is 13.2. The molecule has 5 nitrogen and oxygen atoms in total. The van der Waals surface area contributed by atoms with Gasteiger partial charge in [0.25, 0.3) is 0 Å². The molecule has 0 unspecified atom stereocenters. The molecule has 0 radical (unpaired) electrons. The van der Waals surface area contributed by atoms with Crippen LogP contribution in [0.3, 0.4) is 0 Å². The second kappa shape index (κ2) is 10.3. The SMILES string of the molecule is COc1ccc(Cl)cc1C(=O)CCC(=O)Nc1cc(C(F)(F)F)ccc1N1CCCCC1. The molecule has 0 aromatic heterocycles. The van der Waals surface area contributed by atoms with Gasteiger partial charge in [-0.05, 0) is 55.7 Å². The molecule has 3 rings (SSSR count). The molecule has 1 amide bonds. The number of alkyl halides is 3. The highest BCUT2D eigenvalue weighted by Gasteiger charge is 2.32. The van der Waals surface area contributed by atoms with E-state index in [1.807, 2.05) is 4.90 Å². The number of nitrogens with one attached hydrogen (secondary N) is 1. The second-order valence-electron chi connectivity index (χ2n) is 7.59. The van der Waals surface area contributed by atoms with Crippen LogP contribution in [-0.4, -0.2) is 31.9 Å². The van der Waals surface area contributed by atoms with Crippen molar-refractivity contribution in [1.82, 2.24) is 0 Å². The standard InChI is InChI=1S/C23H24ClF3N2O3/c1-32-21-9-6-16(24)14-17(21)20(30)8-10-22(31)28-18-13-15(23(25,26)27)5-7-19(18)29-11-3-2-4-12-29/h5-7,9,13-14H,2-4,8,10-12H2,1H3,(H,28,31). The smallest absolute Gasteiger partial charge is 0.416 e. The molecule has 0 spiro atoms. The molecule has 1 heterocycles. The van der Waals surface area contributed by atoms with E-state index in [2.05, 4.69) is 5.32 Å². The van der Waals surface area contributed by atoms with E-state index in [9.17, 15) is 22.8 Å². The molecule has 0 aliphatic carbocycles. The lowest BCUT2D eigenvalue weighted by Gasteiger charge is -2.31. The summed E-state index contributed by atoms with van der Waals surface area (Å²) in [5.41, 5.74) is 0.0579. The number of methoxy groups -OCH3 is 1. The maximum absolute atomic E-state index is 13.2.